The first-order valence-electron chi connectivity index (χ1n) is 4.39. The highest BCUT2D eigenvalue weighted by molar-refractivity contribution is 7.51. The molecular weight excluding hydrogens is 209 g/mol. The van der Waals surface area contributed by atoms with Gasteiger partial charge in [-0.1, -0.05) is 19.8 Å². The highest BCUT2D eigenvalue weighted by atomic mass is 31.2. The summed E-state index contributed by atoms with van der Waals surface area (Å²) in [6.07, 6.45) is 0.372. The van der Waals surface area contributed by atoms with Crippen molar-refractivity contribution in [3.63, 3.8) is 0 Å². The molecule has 0 aromatic rings. The molecule has 14 heavy (non-hydrogen) atoms. The lowest BCUT2D eigenvalue weighted by molar-refractivity contribution is 0.189. The molecular formula is C7H16NO5P. The lowest BCUT2D eigenvalue weighted by Crippen LogP contribution is -2.36. The lowest BCUT2D eigenvalue weighted by Gasteiger charge is -2.16. The molecule has 0 saturated carbocycles. The van der Waals surface area contributed by atoms with Crippen LogP contribution in [0.1, 0.15) is 26.2 Å². The molecule has 0 spiro atoms. The van der Waals surface area contributed by atoms with E-state index in [4.69, 9.17) is 14.9 Å². The van der Waals surface area contributed by atoms with Crippen LogP contribution >= 0.6 is 7.60 Å². The van der Waals surface area contributed by atoms with Gasteiger partial charge in [0.05, 0.1) is 6.16 Å². The van der Waals surface area contributed by atoms with E-state index in [2.05, 4.69) is 5.32 Å². The van der Waals surface area contributed by atoms with Crippen molar-refractivity contribution in [1.29, 1.82) is 0 Å². The number of carboxylic acid groups (broad SMARTS) is 1. The largest absolute Gasteiger partial charge is 0.465 e. The molecule has 1 atom stereocenters. The van der Waals surface area contributed by atoms with Gasteiger partial charge in [-0.05, 0) is 6.42 Å². The fraction of sp³-hybridized carbons (Fsp3) is 0.857. The summed E-state index contributed by atoms with van der Waals surface area (Å²) in [5.74, 6) is 0. The summed E-state index contributed by atoms with van der Waals surface area (Å²) in [7, 11) is -4.14. The molecule has 1 unspecified atom stereocenters. The van der Waals surface area contributed by atoms with Crippen LogP contribution in [0.3, 0.4) is 0 Å². The van der Waals surface area contributed by atoms with Crippen molar-refractivity contribution < 1.29 is 24.3 Å². The topological polar surface area (TPSA) is 107 Å². The first-order valence-corrected chi connectivity index (χ1v) is 6.19. The number of unbranched alkanes of at least 4 members (excludes halogenated alkanes) is 1. The third-order valence-corrected chi connectivity index (χ3v) is 2.61. The molecule has 0 saturated heterocycles. The monoisotopic (exact) mass is 225 g/mol. The predicted molar refractivity (Wildman–Crippen MR) is 51.4 cm³/mol. The third-order valence-electron chi connectivity index (χ3n) is 1.69. The van der Waals surface area contributed by atoms with Crippen LogP contribution in [0, 0.1) is 0 Å². The van der Waals surface area contributed by atoms with Gasteiger partial charge >= 0.3 is 13.7 Å². The maximum atomic E-state index is 10.6. The van der Waals surface area contributed by atoms with Gasteiger partial charge in [-0.15, -0.1) is 0 Å². The van der Waals surface area contributed by atoms with Crippen molar-refractivity contribution in [2.45, 2.75) is 32.2 Å². The number of amides is 1. The average Bonchev–Trinajstić information content (AvgIpc) is 1.96. The van der Waals surface area contributed by atoms with Crippen molar-refractivity contribution in [1.82, 2.24) is 5.32 Å². The first-order chi connectivity index (χ1) is 6.35. The molecule has 0 aromatic carbocycles. The minimum Gasteiger partial charge on any atom is -0.465 e. The van der Waals surface area contributed by atoms with Gasteiger partial charge in [-0.25, -0.2) is 4.79 Å². The molecule has 7 heteroatoms. The predicted octanol–water partition coefficient (Wildman–Crippen LogP) is 0.990. The average molecular weight is 225 g/mol. The van der Waals surface area contributed by atoms with Crippen LogP contribution in [-0.4, -0.2) is 33.2 Å². The van der Waals surface area contributed by atoms with E-state index in [0.29, 0.717) is 6.42 Å². The molecule has 4 N–H and O–H groups in total. The number of hydrogen-bond acceptors (Lipinski definition) is 2. The Morgan fingerprint density at radius 1 is 1.50 bits per heavy atom. The van der Waals surface area contributed by atoms with Crippen molar-refractivity contribution in [3.8, 4) is 0 Å². The van der Waals surface area contributed by atoms with E-state index < -0.39 is 25.9 Å². The van der Waals surface area contributed by atoms with Crippen LogP contribution in [0.15, 0.2) is 0 Å². The molecule has 1 amide bonds. The maximum absolute atomic E-state index is 10.6. The molecule has 6 nitrogen and oxygen atoms in total. The molecule has 0 radical (unpaired) electrons. The summed E-state index contributed by atoms with van der Waals surface area (Å²) in [6.45, 7) is 1.93. The summed E-state index contributed by atoms with van der Waals surface area (Å²) in [4.78, 5) is 27.7. The molecule has 0 heterocycles. The molecule has 0 aliphatic heterocycles. The van der Waals surface area contributed by atoms with E-state index in [0.717, 1.165) is 12.8 Å². The number of hydrogen-bond donors (Lipinski definition) is 4. The highest BCUT2D eigenvalue weighted by Gasteiger charge is 2.22. The van der Waals surface area contributed by atoms with Crippen molar-refractivity contribution >= 4 is 13.7 Å². The van der Waals surface area contributed by atoms with Gasteiger partial charge in [0.15, 0.2) is 0 Å². The second-order valence-electron chi connectivity index (χ2n) is 3.14. The van der Waals surface area contributed by atoms with Gasteiger partial charge in [0.25, 0.3) is 0 Å². The Kier molecular flexibility index (Phi) is 5.76. The smallest absolute Gasteiger partial charge is 0.404 e. The molecule has 0 aliphatic carbocycles. The summed E-state index contributed by atoms with van der Waals surface area (Å²) in [5.41, 5.74) is 0. The molecule has 0 aromatic heterocycles. The van der Waals surface area contributed by atoms with Gasteiger partial charge < -0.3 is 20.2 Å². The van der Waals surface area contributed by atoms with Crippen LogP contribution in [0.5, 0.6) is 0 Å². The Bertz CT molecular complexity index is 226. The Labute approximate surface area is 82.5 Å². The van der Waals surface area contributed by atoms with E-state index >= 15 is 0 Å². The van der Waals surface area contributed by atoms with Crippen molar-refractivity contribution in [2.24, 2.45) is 0 Å². The van der Waals surface area contributed by atoms with Gasteiger partial charge in [-0.2, -0.15) is 0 Å². The van der Waals surface area contributed by atoms with Crippen molar-refractivity contribution in [3.05, 3.63) is 0 Å². The SMILES string of the molecule is CCCCC(CP(=O)(O)O)NC(=O)O. The van der Waals surface area contributed by atoms with E-state index in [1.165, 1.54) is 0 Å². The van der Waals surface area contributed by atoms with E-state index in [9.17, 15) is 9.36 Å². The number of carbonyl (C=O) groups is 1. The quantitative estimate of drug-likeness (QED) is 0.504. The van der Waals surface area contributed by atoms with Gasteiger partial charge in [0, 0.05) is 6.04 Å². The zero-order valence-electron chi connectivity index (χ0n) is 8.01. The Balaban J connectivity index is 4.10. The Morgan fingerprint density at radius 3 is 2.43 bits per heavy atom. The summed E-state index contributed by atoms with van der Waals surface area (Å²) in [6, 6.07) is -0.659. The Morgan fingerprint density at radius 2 is 2.07 bits per heavy atom. The third kappa shape index (κ3) is 8.04. The summed E-state index contributed by atoms with van der Waals surface area (Å²) < 4.78 is 10.6. The van der Waals surface area contributed by atoms with Crippen LogP contribution in [0.2, 0.25) is 0 Å². The zero-order chi connectivity index (χ0) is 11.2. The minimum atomic E-state index is -4.14. The van der Waals surface area contributed by atoms with Gasteiger partial charge in [0.1, 0.15) is 0 Å². The molecule has 84 valence electrons. The molecule has 0 fully saturated rings. The van der Waals surface area contributed by atoms with Crippen LogP contribution < -0.4 is 5.32 Å². The second-order valence-corrected chi connectivity index (χ2v) is 4.83. The van der Waals surface area contributed by atoms with E-state index in [1.54, 1.807) is 0 Å². The number of nitrogens with one attached hydrogen (secondary N) is 1. The van der Waals surface area contributed by atoms with Crippen molar-refractivity contribution in [2.75, 3.05) is 6.16 Å². The molecule has 0 aliphatic rings. The fourth-order valence-corrected chi connectivity index (χ4v) is 1.97. The Hall–Kier alpha value is -0.580. The highest BCUT2D eigenvalue weighted by Crippen LogP contribution is 2.35. The van der Waals surface area contributed by atoms with E-state index in [1.807, 2.05) is 6.92 Å². The summed E-state index contributed by atoms with van der Waals surface area (Å²) >= 11 is 0. The molecule has 0 rings (SSSR count). The zero-order valence-corrected chi connectivity index (χ0v) is 8.91. The van der Waals surface area contributed by atoms with Crippen LogP contribution in [0.25, 0.3) is 0 Å². The molecule has 0 bridgehead atoms. The van der Waals surface area contributed by atoms with Crippen LogP contribution in [0.4, 0.5) is 4.79 Å². The van der Waals surface area contributed by atoms with E-state index in [-0.39, 0.29) is 0 Å². The normalized spacial score (nSPS) is 13.6. The minimum absolute atomic E-state index is 0.431. The number of rotatable bonds is 6. The standard InChI is InChI=1S/C7H16NO5P/c1-2-3-4-6(8-7(9)10)5-14(11,12)13/h6,8H,2-5H2,1H3,(H,9,10)(H2,11,12,13). The lowest BCUT2D eigenvalue weighted by atomic mass is 10.1. The maximum Gasteiger partial charge on any atom is 0.404 e. The summed E-state index contributed by atoms with van der Waals surface area (Å²) in [5, 5.41) is 10.5. The second kappa shape index (κ2) is 6.01. The van der Waals surface area contributed by atoms with Crippen LogP contribution in [-0.2, 0) is 4.57 Å². The van der Waals surface area contributed by atoms with Gasteiger partial charge in [-0.3, -0.25) is 4.57 Å². The van der Waals surface area contributed by atoms with Gasteiger partial charge in [0.2, 0.25) is 0 Å². The fourth-order valence-electron chi connectivity index (χ4n) is 1.12. The first kappa shape index (κ1) is 13.4.